The molecule has 0 fully saturated rings. The molecule has 0 aliphatic carbocycles. The molecule has 1 unspecified atom stereocenters. The number of hydrogen-bond donors (Lipinski definition) is 1. The van der Waals surface area contributed by atoms with Crippen molar-refractivity contribution in [2.75, 3.05) is 7.05 Å². The van der Waals surface area contributed by atoms with Crippen molar-refractivity contribution in [1.29, 1.82) is 0 Å². The molecular formula is C11H15Cl2N. The second-order valence-electron chi connectivity index (χ2n) is 3.48. The lowest BCUT2D eigenvalue weighted by Crippen LogP contribution is -2.21. The molecule has 1 aromatic carbocycles. The fourth-order valence-corrected chi connectivity index (χ4v) is 1.54. The smallest absolute Gasteiger partial charge is 0.0595 e. The topological polar surface area (TPSA) is 12.0 Å². The van der Waals surface area contributed by atoms with E-state index < -0.39 is 0 Å². The fourth-order valence-electron chi connectivity index (χ4n) is 1.22. The molecule has 0 saturated heterocycles. The Morgan fingerprint density at radius 2 is 2.00 bits per heavy atom. The molecule has 0 aliphatic rings. The van der Waals surface area contributed by atoms with Crippen LogP contribution >= 0.6 is 23.2 Å². The molecular weight excluding hydrogens is 217 g/mol. The summed E-state index contributed by atoms with van der Waals surface area (Å²) in [6, 6.07) is 6.34. The first kappa shape index (κ1) is 11.8. The molecule has 0 spiro atoms. The molecule has 0 aromatic heterocycles. The monoisotopic (exact) mass is 231 g/mol. The lowest BCUT2D eigenvalue weighted by molar-refractivity contribution is 0.565. The maximum atomic E-state index is 5.92. The van der Waals surface area contributed by atoms with E-state index in [1.165, 1.54) is 5.56 Å². The van der Waals surface area contributed by atoms with E-state index >= 15 is 0 Å². The largest absolute Gasteiger partial charge is 0.317 e. The number of hydrogen-bond acceptors (Lipinski definition) is 1. The highest BCUT2D eigenvalue weighted by Gasteiger charge is 2.02. The van der Waals surface area contributed by atoms with Gasteiger partial charge in [0.1, 0.15) is 0 Å². The van der Waals surface area contributed by atoms with Crippen LogP contribution in [0, 0.1) is 0 Å². The Balaban J connectivity index is 2.55. The normalized spacial score (nSPS) is 12.9. The van der Waals surface area contributed by atoms with Gasteiger partial charge in [0.05, 0.1) is 10.0 Å². The molecule has 1 rings (SSSR count). The van der Waals surface area contributed by atoms with Gasteiger partial charge in [0.25, 0.3) is 0 Å². The minimum atomic E-state index is 0.532. The first-order chi connectivity index (χ1) is 6.63. The predicted octanol–water partition coefficient (Wildman–Crippen LogP) is 3.53. The molecule has 0 bridgehead atoms. The van der Waals surface area contributed by atoms with E-state index in [2.05, 4.69) is 12.2 Å². The SMILES string of the molecule is CNC(C)CCc1ccc(Cl)c(Cl)c1. The summed E-state index contributed by atoms with van der Waals surface area (Å²) in [4.78, 5) is 0. The molecule has 1 nitrogen and oxygen atoms in total. The van der Waals surface area contributed by atoms with Crippen molar-refractivity contribution in [1.82, 2.24) is 5.32 Å². The Labute approximate surface area is 95.4 Å². The molecule has 1 aromatic rings. The lowest BCUT2D eigenvalue weighted by atomic mass is 10.1. The number of aryl methyl sites for hydroxylation is 1. The van der Waals surface area contributed by atoms with Gasteiger partial charge in [-0.15, -0.1) is 0 Å². The number of benzene rings is 1. The maximum absolute atomic E-state index is 5.92. The van der Waals surface area contributed by atoms with Crippen LogP contribution in [-0.2, 0) is 6.42 Å². The average molecular weight is 232 g/mol. The van der Waals surface area contributed by atoms with Gasteiger partial charge in [-0.1, -0.05) is 29.3 Å². The number of halogens is 2. The molecule has 3 heteroatoms. The van der Waals surface area contributed by atoms with Crippen molar-refractivity contribution in [3.63, 3.8) is 0 Å². The number of nitrogens with one attached hydrogen (secondary N) is 1. The summed E-state index contributed by atoms with van der Waals surface area (Å²) in [5.74, 6) is 0. The second kappa shape index (κ2) is 5.59. The zero-order chi connectivity index (χ0) is 10.6. The van der Waals surface area contributed by atoms with Crippen molar-refractivity contribution in [3.8, 4) is 0 Å². The van der Waals surface area contributed by atoms with Gasteiger partial charge in [-0.2, -0.15) is 0 Å². The zero-order valence-electron chi connectivity index (χ0n) is 8.48. The third kappa shape index (κ3) is 3.49. The quantitative estimate of drug-likeness (QED) is 0.837. The van der Waals surface area contributed by atoms with E-state index in [4.69, 9.17) is 23.2 Å². The van der Waals surface area contributed by atoms with E-state index in [-0.39, 0.29) is 0 Å². The minimum Gasteiger partial charge on any atom is -0.317 e. The van der Waals surface area contributed by atoms with Crippen molar-refractivity contribution < 1.29 is 0 Å². The fraction of sp³-hybridized carbons (Fsp3) is 0.455. The van der Waals surface area contributed by atoms with Crippen LogP contribution in [0.4, 0.5) is 0 Å². The summed E-state index contributed by atoms with van der Waals surface area (Å²) in [6.45, 7) is 2.16. The van der Waals surface area contributed by atoms with Crippen LogP contribution < -0.4 is 5.32 Å². The molecule has 0 amide bonds. The molecule has 0 saturated carbocycles. The van der Waals surface area contributed by atoms with Crippen molar-refractivity contribution >= 4 is 23.2 Å². The average Bonchev–Trinajstić information content (AvgIpc) is 2.19. The van der Waals surface area contributed by atoms with Gasteiger partial charge in [0.15, 0.2) is 0 Å². The Morgan fingerprint density at radius 3 is 2.57 bits per heavy atom. The Kier molecular flexibility index (Phi) is 4.73. The van der Waals surface area contributed by atoms with Gasteiger partial charge >= 0.3 is 0 Å². The standard InChI is InChI=1S/C11H15Cl2N/c1-8(14-2)3-4-9-5-6-10(12)11(13)7-9/h5-8,14H,3-4H2,1-2H3. The van der Waals surface area contributed by atoms with Gasteiger partial charge in [-0.3, -0.25) is 0 Å². The number of rotatable bonds is 4. The summed E-state index contributed by atoms with van der Waals surface area (Å²) >= 11 is 11.7. The maximum Gasteiger partial charge on any atom is 0.0595 e. The van der Waals surface area contributed by atoms with Crippen LogP contribution in [0.5, 0.6) is 0 Å². The van der Waals surface area contributed by atoms with E-state index in [1.807, 2.05) is 25.2 Å². The molecule has 1 N–H and O–H groups in total. The second-order valence-corrected chi connectivity index (χ2v) is 4.29. The highest BCUT2D eigenvalue weighted by Crippen LogP contribution is 2.23. The molecule has 0 heterocycles. The highest BCUT2D eigenvalue weighted by molar-refractivity contribution is 6.42. The van der Waals surface area contributed by atoms with Gasteiger partial charge in [-0.25, -0.2) is 0 Å². The summed E-state index contributed by atoms with van der Waals surface area (Å²) < 4.78 is 0. The van der Waals surface area contributed by atoms with Crippen molar-refractivity contribution in [3.05, 3.63) is 33.8 Å². The third-order valence-electron chi connectivity index (χ3n) is 2.34. The van der Waals surface area contributed by atoms with Gasteiger partial charge in [0, 0.05) is 6.04 Å². The lowest BCUT2D eigenvalue weighted by Gasteiger charge is -2.09. The van der Waals surface area contributed by atoms with Crippen molar-refractivity contribution in [2.45, 2.75) is 25.8 Å². The molecule has 0 radical (unpaired) electrons. The zero-order valence-corrected chi connectivity index (χ0v) is 9.99. The van der Waals surface area contributed by atoms with Crippen molar-refractivity contribution in [2.24, 2.45) is 0 Å². The van der Waals surface area contributed by atoms with Crippen LogP contribution in [0.25, 0.3) is 0 Å². The van der Waals surface area contributed by atoms with Gasteiger partial charge in [-0.05, 0) is 44.5 Å². The Bertz CT molecular complexity index is 299. The summed E-state index contributed by atoms with van der Waals surface area (Å²) in [6.07, 6.45) is 2.13. The Hall–Kier alpha value is -0.240. The summed E-state index contributed by atoms with van der Waals surface area (Å²) in [5.41, 5.74) is 1.24. The van der Waals surface area contributed by atoms with E-state index in [0.29, 0.717) is 16.1 Å². The van der Waals surface area contributed by atoms with Crippen LogP contribution in [0.2, 0.25) is 10.0 Å². The van der Waals surface area contributed by atoms with Crippen LogP contribution in [-0.4, -0.2) is 13.1 Å². The van der Waals surface area contributed by atoms with Gasteiger partial charge in [0.2, 0.25) is 0 Å². The predicted molar refractivity (Wildman–Crippen MR) is 63.3 cm³/mol. The van der Waals surface area contributed by atoms with E-state index in [1.54, 1.807) is 0 Å². The summed E-state index contributed by atoms with van der Waals surface area (Å²) in [7, 11) is 1.97. The van der Waals surface area contributed by atoms with E-state index in [9.17, 15) is 0 Å². The highest BCUT2D eigenvalue weighted by atomic mass is 35.5. The first-order valence-electron chi connectivity index (χ1n) is 4.74. The first-order valence-corrected chi connectivity index (χ1v) is 5.50. The van der Waals surface area contributed by atoms with Crippen LogP contribution in [0.1, 0.15) is 18.9 Å². The third-order valence-corrected chi connectivity index (χ3v) is 3.08. The Morgan fingerprint density at radius 1 is 1.29 bits per heavy atom. The molecule has 0 aliphatic heterocycles. The minimum absolute atomic E-state index is 0.532. The molecule has 78 valence electrons. The van der Waals surface area contributed by atoms with Crippen LogP contribution in [0.3, 0.4) is 0 Å². The summed E-state index contributed by atoms with van der Waals surface area (Å²) in [5, 5.41) is 4.46. The molecule has 14 heavy (non-hydrogen) atoms. The van der Waals surface area contributed by atoms with Gasteiger partial charge < -0.3 is 5.32 Å². The van der Waals surface area contributed by atoms with Crippen LogP contribution in [0.15, 0.2) is 18.2 Å². The van der Waals surface area contributed by atoms with E-state index in [0.717, 1.165) is 12.8 Å². The molecule has 1 atom stereocenters.